The van der Waals surface area contributed by atoms with Gasteiger partial charge in [0.05, 0.1) is 17.1 Å². The van der Waals surface area contributed by atoms with Crippen LogP contribution in [0, 0.1) is 0 Å². The quantitative estimate of drug-likeness (QED) is 0.761. The number of rotatable bonds is 5. The van der Waals surface area contributed by atoms with Crippen LogP contribution >= 0.6 is 0 Å². The van der Waals surface area contributed by atoms with Gasteiger partial charge in [-0.05, 0) is 44.6 Å². The largest absolute Gasteiger partial charge is 0.411 e. The number of nitrogens with zero attached hydrogens (tertiary/aromatic N) is 2. The summed E-state index contributed by atoms with van der Waals surface area (Å²) in [4.78, 5) is 43.3. The molecule has 2 atom stereocenters. The van der Waals surface area contributed by atoms with Crippen molar-refractivity contribution in [3.8, 4) is 0 Å². The number of ether oxygens (including phenoxy) is 1. The van der Waals surface area contributed by atoms with Gasteiger partial charge in [0.2, 0.25) is 0 Å². The molecule has 0 radical (unpaired) electrons. The van der Waals surface area contributed by atoms with Crippen molar-refractivity contribution in [2.24, 2.45) is 0 Å². The summed E-state index contributed by atoms with van der Waals surface area (Å²) in [7, 11) is 0. The smallest absolute Gasteiger partial charge is 0.369 e. The van der Waals surface area contributed by atoms with E-state index in [2.05, 4.69) is 15.3 Å². The van der Waals surface area contributed by atoms with Crippen LogP contribution in [0.5, 0.6) is 0 Å². The molecule has 2 aromatic rings. The number of amides is 1. The van der Waals surface area contributed by atoms with E-state index in [0.29, 0.717) is 19.3 Å². The van der Waals surface area contributed by atoms with Gasteiger partial charge < -0.3 is 10.1 Å². The lowest BCUT2D eigenvalue weighted by molar-refractivity contribution is -0.188. The Morgan fingerprint density at radius 2 is 2.03 bits per heavy atom. The summed E-state index contributed by atoms with van der Waals surface area (Å²) in [6, 6.07) is 1.05. The normalized spacial score (nSPS) is 22.2. The van der Waals surface area contributed by atoms with Crippen molar-refractivity contribution in [2.45, 2.75) is 62.9 Å². The Labute approximate surface area is 168 Å². The van der Waals surface area contributed by atoms with Gasteiger partial charge in [-0.1, -0.05) is 0 Å². The van der Waals surface area contributed by atoms with Crippen molar-refractivity contribution in [3.63, 3.8) is 0 Å². The second-order valence-corrected chi connectivity index (χ2v) is 7.84. The number of fused-ring (bicyclic) bond motifs is 1. The van der Waals surface area contributed by atoms with E-state index in [0.717, 1.165) is 12.8 Å². The molecule has 11 heteroatoms. The van der Waals surface area contributed by atoms with Crippen molar-refractivity contribution >= 4 is 16.9 Å². The number of hydrogen-bond acceptors (Lipinski definition) is 5. The Morgan fingerprint density at radius 1 is 1.27 bits per heavy atom. The Hall–Kier alpha value is -2.69. The first-order chi connectivity index (χ1) is 14.2. The molecular weight excluding hydrogens is 405 g/mol. The van der Waals surface area contributed by atoms with E-state index in [1.54, 1.807) is 0 Å². The highest BCUT2D eigenvalue weighted by atomic mass is 19.4. The van der Waals surface area contributed by atoms with Crippen LogP contribution in [0.2, 0.25) is 0 Å². The van der Waals surface area contributed by atoms with Gasteiger partial charge in [0, 0.05) is 18.3 Å². The van der Waals surface area contributed by atoms with Crippen molar-refractivity contribution in [3.05, 3.63) is 38.7 Å². The van der Waals surface area contributed by atoms with Gasteiger partial charge >= 0.3 is 11.9 Å². The number of pyridine rings is 1. The molecule has 2 aromatic heterocycles. The van der Waals surface area contributed by atoms with Crippen molar-refractivity contribution in [1.29, 1.82) is 0 Å². The highest BCUT2D eigenvalue weighted by molar-refractivity contribution is 5.96. The van der Waals surface area contributed by atoms with E-state index in [9.17, 15) is 27.6 Å². The zero-order chi connectivity index (χ0) is 21.5. The molecule has 2 saturated carbocycles. The van der Waals surface area contributed by atoms with Crippen LogP contribution in [0.25, 0.3) is 11.0 Å². The fourth-order valence-corrected chi connectivity index (χ4v) is 3.84. The summed E-state index contributed by atoms with van der Waals surface area (Å²) in [5.41, 5.74) is -0.757. The summed E-state index contributed by atoms with van der Waals surface area (Å²) >= 11 is 0. The third-order valence-electron chi connectivity index (χ3n) is 5.40. The fourth-order valence-electron chi connectivity index (χ4n) is 3.84. The van der Waals surface area contributed by atoms with E-state index in [4.69, 9.17) is 4.74 Å². The molecule has 162 valence electrons. The van der Waals surface area contributed by atoms with E-state index >= 15 is 0 Å². The molecule has 0 unspecified atom stereocenters. The van der Waals surface area contributed by atoms with Crippen LogP contribution in [-0.2, 0) is 4.74 Å². The van der Waals surface area contributed by atoms with Gasteiger partial charge in [0.1, 0.15) is 12.3 Å². The molecule has 0 saturated heterocycles. The van der Waals surface area contributed by atoms with Gasteiger partial charge in [-0.3, -0.25) is 19.1 Å². The number of carbonyl (C=O) groups is 1. The lowest BCUT2D eigenvalue weighted by Gasteiger charge is -2.30. The van der Waals surface area contributed by atoms with Gasteiger partial charge in [-0.25, -0.2) is 9.78 Å². The minimum atomic E-state index is -4.39. The minimum Gasteiger partial charge on any atom is -0.369 e. The third kappa shape index (κ3) is 4.55. The van der Waals surface area contributed by atoms with Crippen molar-refractivity contribution in [1.82, 2.24) is 19.9 Å². The zero-order valence-corrected chi connectivity index (χ0v) is 16.0. The van der Waals surface area contributed by atoms with E-state index in [1.807, 2.05) is 0 Å². The highest BCUT2D eigenvalue weighted by Crippen LogP contribution is 2.34. The standard InChI is InChI=1S/C19H21F3N4O4/c20-19(21,22)9-30-13-3-1-2-11(7-13)24-16(27)10-6-14-15(23-8-10)26(12-4-5-12)18(29)25-17(14)28/h6,8,11-13H,1-5,7,9H2,(H,24,27)(H,25,28,29)/t11-,13+/m1/s1. The van der Waals surface area contributed by atoms with Crippen LogP contribution < -0.4 is 16.6 Å². The lowest BCUT2D eigenvalue weighted by atomic mass is 9.92. The first-order valence-electron chi connectivity index (χ1n) is 9.85. The van der Waals surface area contributed by atoms with E-state index in [1.165, 1.54) is 16.8 Å². The first kappa shape index (κ1) is 20.6. The number of halogens is 3. The predicted molar refractivity (Wildman–Crippen MR) is 100 cm³/mol. The number of aromatic nitrogens is 3. The second-order valence-electron chi connectivity index (χ2n) is 7.84. The predicted octanol–water partition coefficient (Wildman–Crippen LogP) is 2.04. The van der Waals surface area contributed by atoms with Gasteiger partial charge in [-0.15, -0.1) is 0 Å². The molecule has 2 N–H and O–H groups in total. The van der Waals surface area contributed by atoms with E-state index < -0.39 is 36.0 Å². The molecule has 0 bridgehead atoms. The SMILES string of the molecule is O=C(N[C@@H]1CCC[C@H](OCC(F)(F)F)C1)c1cnc2c(c1)c(=O)[nH]c(=O)n2C1CC1. The fraction of sp³-hybridized carbons (Fsp3) is 0.579. The Bertz CT molecular complexity index is 1070. The third-order valence-corrected chi connectivity index (χ3v) is 5.40. The first-order valence-corrected chi connectivity index (χ1v) is 9.85. The molecule has 30 heavy (non-hydrogen) atoms. The maximum Gasteiger partial charge on any atom is 0.411 e. The lowest BCUT2D eigenvalue weighted by Crippen LogP contribution is -2.41. The van der Waals surface area contributed by atoms with Crippen molar-refractivity contribution in [2.75, 3.05) is 6.61 Å². The van der Waals surface area contributed by atoms with Crippen LogP contribution in [0.1, 0.15) is 54.9 Å². The average molecular weight is 426 g/mol. The number of carbonyl (C=O) groups excluding carboxylic acids is 1. The van der Waals surface area contributed by atoms with Crippen LogP contribution in [0.3, 0.4) is 0 Å². The molecule has 2 aliphatic carbocycles. The summed E-state index contributed by atoms with van der Waals surface area (Å²) in [6.07, 6.45) is 0.0397. The molecule has 0 aromatic carbocycles. The maximum atomic E-state index is 12.6. The highest BCUT2D eigenvalue weighted by Gasteiger charge is 2.32. The van der Waals surface area contributed by atoms with Crippen LogP contribution in [0.4, 0.5) is 13.2 Å². The molecule has 4 rings (SSSR count). The molecule has 0 aliphatic heterocycles. The molecule has 2 fully saturated rings. The van der Waals surface area contributed by atoms with Gasteiger partial charge in [0.25, 0.3) is 11.5 Å². The van der Waals surface area contributed by atoms with E-state index in [-0.39, 0.29) is 35.1 Å². The molecule has 8 nitrogen and oxygen atoms in total. The number of alkyl halides is 3. The number of H-pyrrole nitrogens is 1. The van der Waals surface area contributed by atoms with Crippen LogP contribution in [-0.4, -0.2) is 45.4 Å². The molecule has 0 spiro atoms. The zero-order valence-electron chi connectivity index (χ0n) is 16.0. The maximum absolute atomic E-state index is 12.6. The summed E-state index contributed by atoms with van der Waals surface area (Å²) in [5.74, 6) is -0.477. The molecule has 2 heterocycles. The Kier molecular flexibility index (Phi) is 5.39. The number of aromatic amines is 1. The van der Waals surface area contributed by atoms with Crippen LogP contribution in [0.15, 0.2) is 21.9 Å². The van der Waals surface area contributed by atoms with Gasteiger partial charge in [-0.2, -0.15) is 13.2 Å². The Morgan fingerprint density at radius 3 is 2.73 bits per heavy atom. The van der Waals surface area contributed by atoms with Crippen molar-refractivity contribution < 1.29 is 22.7 Å². The molecule has 2 aliphatic rings. The number of hydrogen-bond donors (Lipinski definition) is 2. The van der Waals surface area contributed by atoms with Gasteiger partial charge in [0.15, 0.2) is 0 Å². The number of nitrogens with one attached hydrogen (secondary N) is 2. The second kappa shape index (κ2) is 7.86. The minimum absolute atomic E-state index is 0.0000953. The molecule has 1 amide bonds. The average Bonchev–Trinajstić information content (AvgIpc) is 3.51. The topological polar surface area (TPSA) is 106 Å². The molecular formula is C19H21F3N4O4. The Balaban J connectivity index is 1.48. The summed E-state index contributed by atoms with van der Waals surface area (Å²) in [6.45, 7) is -1.31. The summed E-state index contributed by atoms with van der Waals surface area (Å²) in [5, 5.41) is 2.93. The summed E-state index contributed by atoms with van der Waals surface area (Å²) < 4.78 is 43.4. The monoisotopic (exact) mass is 426 g/mol.